The number of rotatable bonds is 4. The Labute approximate surface area is 117 Å². The fourth-order valence-electron chi connectivity index (χ4n) is 2.15. The molecule has 2 atom stereocenters. The van der Waals surface area contributed by atoms with E-state index in [1.807, 2.05) is 0 Å². The number of aromatic nitrogens is 2. The lowest BCUT2D eigenvalue weighted by atomic mass is 10.1. The number of carbonyl (C=O) groups is 1. The van der Waals surface area contributed by atoms with Gasteiger partial charge in [0.05, 0.1) is 17.8 Å². The average molecular weight is 293 g/mol. The number of hydrogen-bond donors (Lipinski definition) is 2. The molecule has 0 bridgehead atoms. The Kier molecular flexibility index (Phi) is 5.91. The SMILES string of the molecule is Cl.N[C@@H]1CC[C@H](C(=O)NCCn2cc(Cl)cn2)C1. The van der Waals surface area contributed by atoms with Crippen LogP contribution in [0.2, 0.25) is 5.02 Å². The maximum Gasteiger partial charge on any atom is 0.223 e. The normalized spacial score (nSPS) is 22.6. The van der Waals surface area contributed by atoms with Crippen molar-refractivity contribution in [3.05, 3.63) is 17.4 Å². The Hall–Kier alpha value is -0.780. The van der Waals surface area contributed by atoms with Gasteiger partial charge < -0.3 is 11.1 Å². The second kappa shape index (κ2) is 6.97. The van der Waals surface area contributed by atoms with E-state index in [1.165, 1.54) is 0 Å². The number of nitrogens with zero attached hydrogens (tertiary/aromatic N) is 2. The number of carbonyl (C=O) groups excluding carboxylic acids is 1. The molecule has 0 spiro atoms. The molecule has 0 unspecified atom stereocenters. The van der Waals surface area contributed by atoms with Gasteiger partial charge in [0.15, 0.2) is 0 Å². The van der Waals surface area contributed by atoms with E-state index < -0.39 is 0 Å². The molecule has 1 aliphatic rings. The molecule has 1 heterocycles. The van der Waals surface area contributed by atoms with Crippen molar-refractivity contribution in [3.63, 3.8) is 0 Å². The molecule has 1 aromatic rings. The summed E-state index contributed by atoms with van der Waals surface area (Å²) in [4.78, 5) is 11.8. The van der Waals surface area contributed by atoms with Crippen LogP contribution in [0.25, 0.3) is 0 Å². The standard InChI is InChI=1S/C11H17ClN4O.ClH/c12-9-6-15-16(7-9)4-3-14-11(17)8-1-2-10(13)5-8;/h6-8,10H,1-5,13H2,(H,14,17);1H/t8-,10+;/m0./s1. The maximum atomic E-state index is 11.8. The van der Waals surface area contributed by atoms with Gasteiger partial charge in [0.2, 0.25) is 5.91 Å². The van der Waals surface area contributed by atoms with Crippen molar-refractivity contribution in [2.24, 2.45) is 11.7 Å². The van der Waals surface area contributed by atoms with Gasteiger partial charge in [0.25, 0.3) is 0 Å². The molecule has 0 aliphatic heterocycles. The molecule has 1 saturated carbocycles. The molecule has 3 N–H and O–H groups in total. The number of halogens is 2. The highest BCUT2D eigenvalue weighted by Crippen LogP contribution is 2.23. The summed E-state index contributed by atoms with van der Waals surface area (Å²) in [7, 11) is 0. The van der Waals surface area contributed by atoms with Crippen molar-refractivity contribution < 1.29 is 4.79 Å². The zero-order chi connectivity index (χ0) is 12.3. The lowest BCUT2D eigenvalue weighted by Gasteiger charge is -2.10. The van der Waals surface area contributed by atoms with Gasteiger partial charge in [-0.15, -0.1) is 12.4 Å². The second-order valence-corrected chi connectivity index (χ2v) is 4.92. The predicted molar refractivity (Wildman–Crippen MR) is 72.8 cm³/mol. The van der Waals surface area contributed by atoms with Gasteiger partial charge in [-0.05, 0) is 19.3 Å². The fourth-order valence-corrected chi connectivity index (χ4v) is 2.31. The van der Waals surface area contributed by atoms with Gasteiger partial charge in [-0.3, -0.25) is 9.48 Å². The summed E-state index contributed by atoms with van der Waals surface area (Å²) in [5.74, 6) is 0.197. The minimum Gasteiger partial charge on any atom is -0.354 e. The molecule has 2 rings (SSSR count). The van der Waals surface area contributed by atoms with Gasteiger partial charge in [0.1, 0.15) is 0 Å². The first-order chi connectivity index (χ1) is 8.15. The number of nitrogens with one attached hydrogen (secondary N) is 1. The topological polar surface area (TPSA) is 72.9 Å². The van der Waals surface area contributed by atoms with E-state index in [0.717, 1.165) is 19.3 Å². The van der Waals surface area contributed by atoms with Crippen molar-refractivity contribution in [3.8, 4) is 0 Å². The lowest BCUT2D eigenvalue weighted by molar-refractivity contribution is -0.124. The second-order valence-electron chi connectivity index (χ2n) is 4.48. The quantitative estimate of drug-likeness (QED) is 0.876. The Bertz CT molecular complexity index is 396. The number of amides is 1. The van der Waals surface area contributed by atoms with E-state index in [-0.39, 0.29) is 30.3 Å². The molecule has 18 heavy (non-hydrogen) atoms. The highest BCUT2D eigenvalue weighted by Gasteiger charge is 2.27. The predicted octanol–water partition coefficient (Wildman–Crippen LogP) is 1.20. The third kappa shape index (κ3) is 4.15. The molecule has 5 nitrogen and oxygen atoms in total. The molecule has 1 fully saturated rings. The molecule has 102 valence electrons. The maximum absolute atomic E-state index is 11.8. The molecule has 1 aliphatic carbocycles. The van der Waals surface area contributed by atoms with Crippen molar-refractivity contribution in [2.45, 2.75) is 31.8 Å². The minimum absolute atomic E-state index is 0. The van der Waals surface area contributed by atoms with E-state index >= 15 is 0 Å². The summed E-state index contributed by atoms with van der Waals surface area (Å²) in [6.07, 6.45) is 5.98. The first kappa shape index (κ1) is 15.3. The van der Waals surface area contributed by atoms with Crippen molar-refractivity contribution >= 4 is 29.9 Å². The van der Waals surface area contributed by atoms with E-state index in [4.69, 9.17) is 17.3 Å². The van der Waals surface area contributed by atoms with Crippen LogP contribution >= 0.6 is 24.0 Å². The van der Waals surface area contributed by atoms with E-state index in [9.17, 15) is 4.79 Å². The molecular formula is C11H18Cl2N4O. The lowest BCUT2D eigenvalue weighted by Crippen LogP contribution is -2.32. The third-order valence-corrected chi connectivity index (χ3v) is 3.28. The fraction of sp³-hybridized carbons (Fsp3) is 0.636. The van der Waals surface area contributed by atoms with Crippen LogP contribution in [0.5, 0.6) is 0 Å². The first-order valence-electron chi connectivity index (χ1n) is 5.86. The smallest absolute Gasteiger partial charge is 0.223 e. The highest BCUT2D eigenvalue weighted by atomic mass is 35.5. The minimum atomic E-state index is 0. The zero-order valence-electron chi connectivity index (χ0n) is 10.0. The molecule has 7 heteroatoms. The largest absolute Gasteiger partial charge is 0.354 e. The summed E-state index contributed by atoms with van der Waals surface area (Å²) >= 11 is 5.74. The molecule has 0 aromatic carbocycles. The van der Waals surface area contributed by atoms with Crippen LogP contribution in [0.3, 0.4) is 0 Å². The Morgan fingerprint density at radius 3 is 2.94 bits per heavy atom. The van der Waals surface area contributed by atoms with E-state index in [2.05, 4.69) is 10.4 Å². The molecule has 1 aromatic heterocycles. The Morgan fingerprint density at radius 1 is 1.61 bits per heavy atom. The molecular weight excluding hydrogens is 275 g/mol. The van der Waals surface area contributed by atoms with Crippen molar-refractivity contribution in [1.82, 2.24) is 15.1 Å². The van der Waals surface area contributed by atoms with E-state index in [1.54, 1.807) is 17.1 Å². The monoisotopic (exact) mass is 292 g/mol. The first-order valence-corrected chi connectivity index (χ1v) is 6.24. The van der Waals surface area contributed by atoms with Crippen molar-refractivity contribution in [2.75, 3.05) is 6.54 Å². The van der Waals surface area contributed by atoms with Gasteiger partial charge in [-0.2, -0.15) is 5.10 Å². The van der Waals surface area contributed by atoms with Crippen LogP contribution < -0.4 is 11.1 Å². The van der Waals surface area contributed by atoms with Gasteiger partial charge in [-0.1, -0.05) is 11.6 Å². The van der Waals surface area contributed by atoms with Crippen LogP contribution in [-0.4, -0.2) is 28.3 Å². The summed E-state index contributed by atoms with van der Waals surface area (Å²) in [5.41, 5.74) is 5.78. The van der Waals surface area contributed by atoms with Crippen molar-refractivity contribution in [1.29, 1.82) is 0 Å². The van der Waals surface area contributed by atoms with Crippen LogP contribution in [0.15, 0.2) is 12.4 Å². The highest BCUT2D eigenvalue weighted by molar-refractivity contribution is 6.30. The van der Waals surface area contributed by atoms with Gasteiger partial charge in [-0.25, -0.2) is 0 Å². The summed E-state index contributed by atoms with van der Waals surface area (Å²) in [6.45, 7) is 1.21. The van der Waals surface area contributed by atoms with Crippen LogP contribution in [0.4, 0.5) is 0 Å². The number of hydrogen-bond acceptors (Lipinski definition) is 3. The summed E-state index contributed by atoms with van der Waals surface area (Å²) < 4.78 is 1.71. The van der Waals surface area contributed by atoms with Crippen LogP contribution in [-0.2, 0) is 11.3 Å². The molecule has 0 radical (unpaired) electrons. The van der Waals surface area contributed by atoms with Gasteiger partial charge >= 0.3 is 0 Å². The zero-order valence-corrected chi connectivity index (χ0v) is 11.6. The molecule has 0 saturated heterocycles. The average Bonchev–Trinajstić information content (AvgIpc) is 2.88. The Balaban J connectivity index is 0.00000162. The van der Waals surface area contributed by atoms with Crippen LogP contribution in [0.1, 0.15) is 19.3 Å². The van der Waals surface area contributed by atoms with Crippen LogP contribution in [0, 0.1) is 5.92 Å². The Morgan fingerprint density at radius 2 is 2.39 bits per heavy atom. The number of nitrogens with two attached hydrogens (primary N) is 1. The van der Waals surface area contributed by atoms with Gasteiger partial charge in [0, 0.05) is 24.7 Å². The van der Waals surface area contributed by atoms with E-state index in [0.29, 0.717) is 18.1 Å². The summed E-state index contributed by atoms with van der Waals surface area (Å²) in [5, 5.41) is 7.55. The summed E-state index contributed by atoms with van der Waals surface area (Å²) in [6, 6.07) is 0.190. The third-order valence-electron chi connectivity index (χ3n) is 3.09. The molecule has 1 amide bonds.